The molecule has 0 saturated carbocycles. The summed E-state index contributed by atoms with van der Waals surface area (Å²) in [4.78, 5) is 12.2. The second kappa shape index (κ2) is 6.13. The normalized spacial score (nSPS) is 12.9. The lowest BCUT2D eigenvalue weighted by atomic mass is 10.0. The predicted octanol–water partition coefficient (Wildman–Crippen LogP) is 4.18. The minimum atomic E-state index is -0.311. The molecule has 0 fully saturated rings. The summed E-state index contributed by atoms with van der Waals surface area (Å²) in [6.07, 6.45) is 2.06. The van der Waals surface area contributed by atoms with Crippen molar-refractivity contribution in [2.75, 3.05) is 6.61 Å². The van der Waals surface area contributed by atoms with E-state index in [1.165, 1.54) is 17.7 Å². The van der Waals surface area contributed by atoms with E-state index in [1.54, 1.807) is 6.07 Å². The molecule has 1 aliphatic rings. The van der Waals surface area contributed by atoms with Crippen molar-refractivity contribution in [2.45, 2.75) is 19.3 Å². The second-order valence-corrected chi connectivity index (χ2v) is 6.25. The summed E-state index contributed by atoms with van der Waals surface area (Å²) in [5.41, 5.74) is 2.96. The van der Waals surface area contributed by atoms with Gasteiger partial charge in [0.15, 0.2) is 5.78 Å². The van der Waals surface area contributed by atoms with E-state index in [0.717, 1.165) is 24.3 Å². The van der Waals surface area contributed by atoms with E-state index in [1.807, 2.05) is 34.7 Å². The van der Waals surface area contributed by atoms with Crippen LogP contribution in [0.5, 0.6) is 5.75 Å². The molecule has 21 heavy (non-hydrogen) atoms. The second-order valence-electron chi connectivity index (χ2n) is 5.09. The lowest BCUT2D eigenvalue weighted by molar-refractivity contribution is 0.0982. The van der Waals surface area contributed by atoms with E-state index in [-0.39, 0.29) is 11.6 Å². The van der Waals surface area contributed by atoms with Gasteiger partial charge in [-0.3, -0.25) is 4.79 Å². The summed E-state index contributed by atoms with van der Waals surface area (Å²) in [5.74, 6) is 0.698. The number of Topliss-reactive ketones (excluding diaryl/α,β-unsaturated/α-hetero) is 1. The highest BCUT2D eigenvalue weighted by molar-refractivity contribution is 14.1. The molecule has 2 aromatic carbocycles. The number of halogens is 2. The maximum absolute atomic E-state index is 13.1. The number of rotatable bonds is 4. The molecule has 0 atom stereocenters. The van der Waals surface area contributed by atoms with Gasteiger partial charge in [-0.05, 0) is 64.4 Å². The lowest BCUT2D eigenvalue weighted by Crippen LogP contribution is -2.04. The smallest absolute Gasteiger partial charge is 0.164 e. The standard InChI is InChI=1S/C17H14FIO2/c18-13-3-4-14(15(19)10-13)16(20)5-1-11-2-6-17-12(9-11)7-8-21-17/h2-4,6,9-10H,1,5,7-8H2. The Labute approximate surface area is 136 Å². The number of fused-ring (bicyclic) bond motifs is 1. The van der Waals surface area contributed by atoms with Crippen molar-refractivity contribution in [3.63, 3.8) is 0 Å². The zero-order chi connectivity index (χ0) is 14.8. The molecule has 0 saturated heterocycles. The Morgan fingerprint density at radius 3 is 2.90 bits per heavy atom. The molecule has 3 rings (SSSR count). The largest absolute Gasteiger partial charge is 0.493 e. The molecule has 0 aliphatic carbocycles. The van der Waals surface area contributed by atoms with Crippen LogP contribution in [0.25, 0.3) is 0 Å². The molecule has 1 aliphatic heterocycles. The van der Waals surface area contributed by atoms with E-state index >= 15 is 0 Å². The van der Waals surface area contributed by atoms with Crippen molar-refractivity contribution in [3.8, 4) is 5.75 Å². The fraction of sp³-hybridized carbons (Fsp3) is 0.235. The number of carbonyl (C=O) groups excluding carboxylic acids is 1. The first-order valence-electron chi connectivity index (χ1n) is 6.86. The molecule has 2 aromatic rings. The maximum Gasteiger partial charge on any atom is 0.164 e. The summed E-state index contributed by atoms with van der Waals surface area (Å²) < 4.78 is 19.2. The summed E-state index contributed by atoms with van der Waals surface area (Å²) >= 11 is 2.00. The number of hydrogen-bond acceptors (Lipinski definition) is 2. The molecule has 0 N–H and O–H groups in total. The number of hydrogen-bond donors (Lipinski definition) is 0. The molecule has 0 bridgehead atoms. The van der Waals surface area contributed by atoms with Crippen molar-refractivity contribution < 1.29 is 13.9 Å². The third kappa shape index (κ3) is 3.26. The van der Waals surface area contributed by atoms with Gasteiger partial charge < -0.3 is 4.74 Å². The molecule has 4 heteroatoms. The van der Waals surface area contributed by atoms with Crippen LogP contribution in [-0.4, -0.2) is 12.4 Å². The molecule has 2 nitrogen and oxygen atoms in total. The fourth-order valence-corrected chi connectivity index (χ4v) is 3.28. The molecule has 0 amide bonds. The van der Waals surface area contributed by atoms with Gasteiger partial charge in [0.25, 0.3) is 0 Å². The van der Waals surface area contributed by atoms with Crippen LogP contribution >= 0.6 is 22.6 Å². The topological polar surface area (TPSA) is 26.3 Å². The molecule has 108 valence electrons. The zero-order valence-corrected chi connectivity index (χ0v) is 13.5. The average molecular weight is 396 g/mol. The van der Waals surface area contributed by atoms with Crippen LogP contribution < -0.4 is 4.74 Å². The van der Waals surface area contributed by atoms with Crippen molar-refractivity contribution in [1.29, 1.82) is 0 Å². The van der Waals surface area contributed by atoms with E-state index in [0.29, 0.717) is 22.0 Å². The van der Waals surface area contributed by atoms with Crippen LogP contribution in [0.3, 0.4) is 0 Å². The van der Waals surface area contributed by atoms with E-state index in [2.05, 4.69) is 6.07 Å². The van der Waals surface area contributed by atoms with Crippen molar-refractivity contribution in [3.05, 3.63) is 62.5 Å². The van der Waals surface area contributed by atoms with Crippen molar-refractivity contribution in [2.24, 2.45) is 0 Å². The Bertz CT molecular complexity index is 697. The Morgan fingerprint density at radius 2 is 2.10 bits per heavy atom. The van der Waals surface area contributed by atoms with Crippen molar-refractivity contribution >= 4 is 28.4 Å². The Morgan fingerprint density at radius 1 is 1.24 bits per heavy atom. The van der Waals surface area contributed by atoms with Gasteiger partial charge in [-0.25, -0.2) is 4.39 Å². The molecule has 0 spiro atoms. The Kier molecular flexibility index (Phi) is 4.24. The van der Waals surface area contributed by atoms with Crippen LogP contribution in [0, 0.1) is 9.39 Å². The van der Waals surface area contributed by atoms with Gasteiger partial charge in [0, 0.05) is 22.0 Å². The Balaban J connectivity index is 1.68. The number of carbonyl (C=O) groups is 1. The van der Waals surface area contributed by atoms with Gasteiger partial charge in [0.1, 0.15) is 11.6 Å². The minimum Gasteiger partial charge on any atom is -0.493 e. The Hall–Kier alpha value is -1.43. The fourth-order valence-electron chi connectivity index (χ4n) is 2.50. The third-order valence-electron chi connectivity index (χ3n) is 3.63. The SMILES string of the molecule is O=C(CCc1ccc2c(c1)CCO2)c1ccc(F)cc1I. The summed E-state index contributed by atoms with van der Waals surface area (Å²) in [6.45, 7) is 0.742. The monoisotopic (exact) mass is 396 g/mol. The van der Waals surface area contributed by atoms with Gasteiger partial charge in [0.05, 0.1) is 6.61 Å². The molecular formula is C17H14FIO2. The van der Waals surface area contributed by atoms with E-state index in [4.69, 9.17) is 4.74 Å². The molecular weight excluding hydrogens is 382 g/mol. The summed E-state index contributed by atoms with van der Waals surface area (Å²) in [5, 5.41) is 0. The number of benzene rings is 2. The molecule has 0 radical (unpaired) electrons. The van der Waals surface area contributed by atoms with Crippen molar-refractivity contribution in [1.82, 2.24) is 0 Å². The first-order valence-corrected chi connectivity index (χ1v) is 7.94. The number of ketones is 1. The highest BCUT2D eigenvalue weighted by Crippen LogP contribution is 2.26. The molecule has 1 heterocycles. The summed E-state index contributed by atoms with van der Waals surface area (Å²) in [7, 11) is 0. The number of ether oxygens (including phenoxy) is 1. The number of aryl methyl sites for hydroxylation is 1. The van der Waals surface area contributed by atoms with E-state index < -0.39 is 0 Å². The van der Waals surface area contributed by atoms with Gasteiger partial charge >= 0.3 is 0 Å². The third-order valence-corrected chi connectivity index (χ3v) is 4.52. The van der Waals surface area contributed by atoms with Gasteiger partial charge in [-0.2, -0.15) is 0 Å². The highest BCUT2D eigenvalue weighted by atomic mass is 127. The van der Waals surface area contributed by atoms with Crippen LogP contribution in [0.1, 0.15) is 27.9 Å². The van der Waals surface area contributed by atoms with Gasteiger partial charge in [0.2, 0.25) is 0 Å². The average Bonchev–Trinajstić information content (AvgIpc) is 2.92. The summed E-state index contributed by atoms with van der Waals surface area (Å²) in [6, 6.07) is 10.4. The van der Waals surface area contributed by atoms with Crippen LogP contribution in [-0.2, 0) is 12.8 Å². The minimum absolute atomic E-state index is 0.0520. The van der Waals surface area contributed by atoms with Crippen LogP contribution in [0.15, 0.2) is 36.4 Å². The van der Waals surface area contributed by atoms with Gasteiger partial charge in [-0.15, -0.1) is 0 Å². The van der Waals surface area contributed by atoms with Crippen LogP contribution in [0.4, 0.5) is 4.39 Å². The highest BCUT2D eigenvalue weighted by Gasteiger charge is 2.14. The quantitative estimate of drug-likeness (QED) is 0.573. The first-order chi connectivity index (χ1) is 10.1. The zero-order valence-electron chi connectivity index (χ0n) is 11.4. The van der Waals surface area contributed by atoms with Gasteiger partial charge in [-0.1, -0.05) is 12.1 Å². The molecule has 0 aromatic heterocycles. The van der Waals surface area contributed by atoms with E-state index in [9.17, 15) is 9.18 Å². The predicted molar refractivity (Wildman–Crippen MR) is 87.4 cm³/mol. The maximum atomic E-state index is 13.1. The van der Waals surface area contributed by atoms with Crippen LogP contribution in [0.2, 0.25) is 0 Å². The molecule has 0 unspecified atom stereocenters. The lowest BCUT2D eigenvalue weighted by Gasteiger charge is -2.06. The first kappa shape index (κ1) is 14.5.